The molecule has 2 unspecified atom stereocenters. The summed E-state index contributed by atoms with van der Waals surface area (Å²) in [6.07, 6.45) is 4.27. The van der Waals surface area contributed by atoms with Gasteiger partial charge in [0.25, 0.3) is 0 Å². The van der Waals surface area contributed by atoms with Crippen LogP contribution >= 0.6 is 0 Å². The lowest BCUT2D eigenvalue weighted by Gasteiger charge is -2.31. The van der Waals surface area contributed by atoms with Gasteiger partial charge in [0, 0.05) is 25.2 Å². The van der Waals surface area contributed by atoms with Crippen LogP contribution in [-0.4, -0.2) is 60.3 Å². The lowest BCUT2D eigenvalue weighted by molar-refractivity contribution is -0.127. The van der Waals surface area contributed by atoms with Crippen molar-refractivity contribution in [1.82, 2.24) is 15.5 Å². The van der Waals surface area contributed by atoms with E-state index in [2.05, 4.69) is 29.4 Å². The van der Waals surface area contributed by atoms with Crippen molar-refractivity contribution in [3.63, 3.8) is 0 Å². The van der Waals surface area contributed by atoms with Crippen LogP contribution in [0.4, 0.5) is 0 Å². The summed E-state index contributed by atoms with van der Waals surface area (Å²) >= 11 is 0. The third kappa shape index (κ3) is 5.38. The Morgan fingerprint density at radius 1 is 1.45 bits per heavy atom. The van der Waals surface area contributed by atoms with Crippen LogP contribution in [0.1, 0.15) is 46.5 Å². The molecule has 1 aliphatic heterocycles. The lowest BCUT2D eigenvalue weighted by Crippen LogP contribution is -2.51. The normalized spacial score (nSPS) is 20.6. The number of hydrogen-bond donors (Lipinski definition) is 3. The minimum atomic E-state index is -0.190. The van der Waals surface area contributed by atoms with Gasteiger partial charge in [-0.2, -0.15) is 0 Å². The van der Waals surface area contributed by atoms with E-state index in [9.17, 15) is 9.90 Å². The van der Waals surface area contributed by atoms with Crippen LogP contribution in [-0.2, 0) is 4.79 Å². The van der Waals surface area contributed by atoms with Gasteiger partial charge < -0.3 is 15.7 Å². The fraction of sp³-hybridized carbons (Fsp3) is 0.933. The standard InChI is InChI=1S/C15H31N3O2/c1-4-13(5-2)17-15(20)12(3)18(9-10-19)11-14-7-6-8-16-14/h12-14,16,19H,4-11H2,1-3H3,(H,17,20). The first kappa shape index (κ1) is 17.4. The van der Waals surface area contributed by atoms with Gasteiger partial charge in [0.2, 0.25) is 5.91 Å². The van der Waals surface area contributed by atoms with E-state index in [0.29, 0.717) is 12.6 Å². The van der Waals surface area contributed by atoms with Gasteiger partial charge in [0.05, 0.1) is 12.6 Å². The molecule has 0 aromatic heterocycles. The van der Waals surface area contributed by atoms with E-state index in [0.717, 1.165) is 32.4 Å². The summed E-state index contributed by atoms with van der Waals surface area (Å²) in [5.41, 5.74) is 0. The molecule has 1 rings (SSSR count). The summed E-state index contributed by atoms with van der Waals surface area (Å²) in [7, 11) is 0. The van der Waals surface area contributed by atoms with Crippen molar-refractivity contribution in [2.24, 2.45) is 0 Å². The predicted octanol–water partition coefficient (Wildman–Crippen LogP) is 0.726. The first-order valence-electron chi connectivity index (χ1n) is 8.01. The van der Waals surface area contributed by atoms with E-state index in [1.807, 2.05) is 6.92 Å². The van der Waals surface area contributed by atoms with Gasteiger partial charge in [-0.25, -0.2) is 0 Å². The molecule has 1 saturated heterocycles. The van der Waals surface area contributed by atoms with Crippen molar-refractivity contribution in [2.75, 3.05) is 26.2 Å². The molecule has 0 aliphatic carbocycles. The zero-order valence-corrected chi connectivity index (χ0v) is 13.2. The highest BCUT2D eigenvalue weighted by Crippen LogP contribution is 2.10. The van der Waals surface area contributed by atoms with Gasteiger partial charge in [0.1, 0.15) is 0 Å². The summed E-state index contributed by atoms with van der Waals surface area (Å²) < 4.78 is 0. The average molecular weight is 285 g/mol. The molecule has 3 N–H and O–H groups in total. The zero-order valence-electron chi connectivity index (χ0n) is 13.2. The fourth-order valence-electron chi connectivity index (χ4n) is 2.75. The maximum atomic E-state index is 12.3. The average Bonchev–Trinajstić information content (AvgIpc) is 2.96. The largest absolute Gasteiger partial charge is 0.395 e. The number of carbonyl (C=O) groups excluding carboxylic acids is 1. The number of nitrogens with one attached hydrogen (secondary N) is 2. The van der Waals surface area contributed by atoms with Crippen molar-refractivity contribution in [2.45, 2.75) is 64.6 Å². The van der Waals surface area contributed by atoms with Crippen LogP contribution in [0.2, 0.25) is 0 Å². The molecule has 5 heteroatoms. The molecule has 1 aliphatic rings. The molecule has 2 atom stereocenters. The van der Waals surface area contributed by atoms with E-state index < -0.39 is 0 Å². The molecule has 5 nitrogen and oxygen atoms in total. The summed E-state index contributed by atoms with van der Waals surface area (Å²) in [6.45, 7) is 8.65. The van der Waals surface area contributed by atoms with Crippen LogP contribution < -0.4 is 10.6 Å². The Hall–Kier alpha value is -0.650. The monoisotopic (exact) mass is 285 g/mol. The third-order valence-electron chi connectivity index (χ3n) is 4.26. The van der Waals surface area contributed by atoms with Crippen molar-refractivity contribution in [1.29, 1.82) is 0 Å². The molecule has 1 fully saturated rings. The Morgan fingerprint density at radius 3 is 2.65 bits per heavy atom. The molecule has 1 amide bonds. The fourth-order valence-corrected chi connectivity index (χ4v) is 2.75. The van der Waals surface area contributed by atoms with Crippen LogP contribution in [0.25, 0.3) is 0 Å². The van der Waals surface area contributed by atoms with E-state index in [1.54, 1.807) is 0 Å². The summed E-state index contributed by atoms with van der Waals surface area (Å²) in [4.78, 5) is 14.4. The van der Waals surface area contributed by atoms with Crippen LogP contribution in [0.15, 0.2) is 0 Å². The van der Waals surface area contributed by atoms with Crippen LogP contribution in [0, 0.1) is 0 Å². The zero-order chi connectivity index (χ0) is 15.0. The highest BCUT2D eigenvalue weighted by molar-refractivity contribution is 5.81. The van der Waals surface area contributed by atoms with E-state index in [1.165, 1.54) is 6.42 Å². The maximum absolute atomic E-state index is 12.3. The second-order valence-electron chi connectivity index (χ2n) is 5.71. The number of nitrogens with zero attached hydrogens (tertiary/aromatic N) is 1. The summed E-state index contributed by atoms with van der Waals surface area (Å²) in [5.74, 6) is 0.0742. The number of rotatable bonds is 9. The minimum absolute atomic E-state index is 0.0742. The van der Waals surface area contributed by atoms with Gasteiger partial charge >= 0.3 is 0 Å². The van der Waals surface area contributed by atoms with E-state index >= 15 is 0 Å². The number of aliphatic hydroxyl groups excluding tert-OH is 1. The second-order valence-corrected chi connectivity index (χ2v) is 5.71. The van der Waals surface area contributed by atoms with Crippen molar-refractivity contribution < 1.29 is 9.90 Å². The van der Waals surface area contributed by atoms with Gasteiger partial charge in [-0.05, 0) is 39.2 Å². The lowest BCUT2D eigenvalue weighted by atomic mass is 10.1. The Labute approximate surface area is 123 Å². The molecule has 20 heavy (non-hydrogen) atoms. The Kier molecular flexibility index (Phi) is 8.11. The van der Waals surface area contributed by atoms with Crippen LogP contribution in [0.5, 0.6) is 0 Å². The van der Waals surface area contributed by atoms with Crippen molar-refractivity contribution in [3.8, 4) is 0 Å². The van der Waals surface area contributed by atoms with Gasteiger partial charge in [-0.1, -0.05) is 13.8 Å². The Morgan fingerprint density at radius 2 is 2.15 bits per heavy atom. The highest BCUT2D eigenvalue weighted by Gasteiger charge is 2.25. The molecule has 0 bridgehead atoms. The second kappa shape index (κ2) is 9.32. The molecule has 118 valence electrons. The molecule has 0 aromatic rings. The number of amides is 1. The van der Waals surface area contributed by atoms with Crippen LogP contribution in [0.3, 0.4) is 0 Å². The first-order chi connectivity index (χ1) is 9.62. The van der Waals surface area contributed by atoms with Crippen molar-refractivity contribution >= 4 is 5.91 Å². The van der Waals surface area contributed by atoms with E-state index in [4.69, 9.17) is 0 Å². The quantitative estimate of drug-likeness (QED) is 0.584. The molecule has 1 heterocycles. The molecule has 0 aromatic carbocycles. The Bertz CT molecular complexity index is 276. The highest BCUT2D eigenvalue weighted by atomic mass is 16.3. The number of carbonyl (C=O) groups is 1. The number of aliphatic hydroxyl groups is 1. The van der Waals surface area contributed by atoms with Gasteiger partial charge in [0.15, 0.2) is 0 Å². The third-order valence-corrected chi connectivity index (χ3v) is 4.26. The van der Waals surface area contributed by atoms with Gasteiger partial charge in [-0.15, -0.1) is 0 Å². The van der Waals surface area contributed by atoms with Gasteiger partial charge in [-0.3, -0.25) is 9.69 Å². The first-order valence-corrected chi connectivity index (χ1v) is 8.01. The molecule has 0 radical (unpaired) electrons. The summed E-state index contributed by atoms with van der Waals surface area (Å²) in [6, 6.07) is 0.514. The molecule has 0 saturated carbocycles. The topological polar surface area (TPSA) is 64.6 Å². The molecule has 0 spiro atoms. The minimum Gasteiger partial charge on any atom is -0.395 e. The molecular weight excluding hydrogens is 254 g/mol. The van der Waals surface area contributed by atoms with E-state index in [-0.39, 0.29) is 24.6 Å². The maximum Gasteiger partial charge on any atom is 0.237 e. The predicted molar refractivity (Wildman–Crippen MR) is 81.7 cm³/mol. The van der Waals surface area contributed by atoms with Crippen molar-refractivity contribution in [3.05, 3.63) is 0 Å². The molecular formula is C15H31N3O2. The Balaban J connectivity index is 2.52. The summed E-state index contributed by atoms with van der Waals surface area (Å²) in [5, 5.41) is 15.8. The number of hydrogen-bond acceptors (Lipinski definition) is 4. The smallest absolute Gasteiger partial charge is 0.237 e. The SMILES string of the molecule is CCC(CC)NC(=O)C(C)N(CCO)CC1CCCN1.